The molecule has 3 N–H and O–H groups in total. The standard InChI is InChI=1S/C15H19NO6/c1-10(15(20)21)7-9-22-12-4-2-11(3-5-12)14(19)16-8-6-13(17)18/h2-5,10H,6-9H2,1H3,(H,16,19)(H,17,18)(H,20,21)/t10-/m0/s1. The van der Waals surface area contributed by atoms with Crippen LogP contribution >= 0.6 is 0 Å². The number of carbonyl (C=O) groups excluding carboxylic acids is 1. The monoisotopic (exact) mass is 309 g/mol. The molecule has 0 bridgehead atoms. The largest absolute Gasteiger partial charge is 0.494 e. The lowest BCUT2D eigenvalue weighted by molar-refractivity contribution is -0.141. The van der Waals surface area contributed by atoms with Crippen molar-refractivity contribution < 1.29 is 29.3 Å². The van der Waals surface area contributed by atoms with Crippen LogP contribution in [-0.2, 0) is 9.59 Å². The first-order chi connectivity index (χ1) is 10.4. The maximum Gasteiger partial charge on any atom is 0.306 e. The molecule has 0 aliphatic heterocycles. The fraction of sp³-hybridized carbons (Fsp3) is 0.400. The molecule has 0 heterocycles. The molecule has 0 spiro atoms. The summed E-state index contributed by atoms with van der Waals surface area (Å²) in [4.78, 5) is 32.7. The Bertz CT molecular complexity index is 525. The zero-order chi connectivity index (χ0) is 16.5. The van der Waals surface area contributed by atoms with Gasteiger partial charge in [-0.25, -0.2) is 0 Å². The van der Waals surface area contributed by atoms with Crippen molar-refractivity contribution in [3.63, 3.8) is 0 Å². The second-order valence-electron chi connectivity index (χ2n) is 4.80. The summed E-state index contributed by atoms with van der Waals surface area (Å²) >= 11 is 0. The molecule has 1 aromatic carbocycles. The van der Waals surface area contributed by atoms with E-state index >= 15 is 0 Å². The van der Waals surface area contributed by atoms with E-state index in [4.69, 9.17) is 14.9 Å². The third kappa shape index (κ3) is 6.25. The highest BCUT2D eigenvalue weighted by Gasteiger charge is 2.11. The predicted molar refractivity (Wildman–Crippen MR) is 77.9 cm³/mol. The first kappa shape index (κ1) is 17.5. The molecule has 1 rings (SSSR count). The van der Waals surface area contributed by atoms with Crippen LogP contribution in [0.4, 0.5) is 0 Å². The van der Waals surface area contributed by atoms with E-state index in [2.05, 4.69) is 5.32 Å². The maximum absolute atomic E-state index is 11.7. The van der Waals surface area contributed by atoms with Gasteiger partial charge in [0, 0.05) is 12.1 Å². The van der Waals surface area contributed by atoms with E-state index in [1.807, 2.05) is 0 Å². The molecule has 1 aromatic rings. The second-order valence-corrected chi connectivity index (χ2v) is 4.80. The molecule has 0 aliphatic carbocycles. The fourth-order valence-corrected chi connectivity index (χ4v) is 1.56. The Labute approximate surface area is 127 Å². The van der Waals surface area contributed by atoms with E-state index in [1.54, 1.807) is 31.2 Å². The molecule has 0 saturated heterocycles. The lowest BCUT2D eigenvalue weighted by Crippen LogP contribution is -2.25. The molecule has 1 amide bonds. The van der Waals surface area contributed by atoms with Crippen molar-refractivity contribution in [3.8, 4) is 5.75 Å². The van der Waals surface area contributed by atoms with Gasteiger partial charge < -0.3 is 20.3 Å². The normalized spacial score (nSPS) is 11.5. The number of rotatable bonds is 9. The summed E-state index contributed by atoms with van der Waals surface area (Å²) in [6.45, 7) is 1.95. The summed E-state index contributed by atoms with van der Waals surface area (Å²) in [6, 6.07) is 6.34. The topological polar surface area (TPSA) is 113 Å². The van der Waals surface area contributed by atoms with E-state index in [0.29, 0.717) is 17.7 Å². The number of hydrogen-bond acceptors (Lipinski definition) is 4. The molecule has 7 heteroatoms. The average molecular weight is 309 g/mol. The van der Waals surface area contributed by atoms with Crippen molar-refractivity contribution in [2.45, 2.75) is 19.8 Å². The zero-order valence-electron chi connectivity index (χ0n) is 12.2. The van der Waals surface area contributed by atoms with Gasteiger partial charge in [0.05, 0.1) is 18.9 Å². The Kier molecular flexibility index (Phi) is 6.88. The first-order valence-electron chi connectivity index (χ1n) is 6.86. The van der Waals surface area contributed by atoms with Crippen molar-refractivity contribution >= 4 is 17.8 Å². The minimum Gasteiger partial charge on any atom is -0.494 e. The fourth-order valence-electron chi connectivity index (χ4n) is 1.56. The first-order valence-corrected chi connectivity index (χ1v) is 6.86. The van der Waals surface area contributed by atoms with Gasteiger partial charge in [0.25, 0.3) is 5.91 Å². The van der Waals surface area contributed by atoms with Gasteiger partial charge in [-0.3, -0.25) is 14.4 Å². The number of aliphatic carboxylic acids is 2. The van der Waals surface area contributed by atoms with E-state index in [9.17, 15) is 14.4 Å². The van der Waals surface area contributed by atoms with Crippen LogP contribution in [0.5, 0.6) is 5.75 Å². The van der Waals surface area contributed by atoms with Crippen LogP contribution in [0.1, 0.15) is 30.1 Å². The molecule has 0 unspecified atom stereocenters. The van der Waals surface area contributed by atoms with Crippen LogP contribution in [0.2, 0.25) is 0 Å². The lowest BCUT2D eigenvalue weighted by atomic mass is 10.1. The molecule has 0 saturated carbocycles. The van der Waals surface area contributed by atoms with E-state index in [-0.39, 0.29) is 25.5 Å². The Balaban J connectivity index is 2.40. The molecule has 120 valence electrons. The number of carbonyl (C=O) groups is 3. The van der Waals surface area contributed by atoms with Gasteiger partial charge in [0.2, 0.25) is 0 Å². The van der Waals surface area contributed by atoms with Crippen molar-refractivity contribution in [1.82, 2.24) is 5.32 Å². The summed E-state index contributed by atoms with van der Waals surface area (Å²) in [7, 11) is 0. The number of ether oxygens (including phenoxy) is 1. The highest BCUT2D eigenvalue weighted by Crippen LogP contribution is 2.13. The Morgan fingerprint density at radius 3 is 2.36 bits per heavy atom. The van der Waals surface area contributed by atoms with Gasteiger partial charge in [0.1, 0.15) is 5.75 Å². The SMILES string of the molecule is C[C@@H](CCOc1ccc(C(=O)NCCC(=O)O)cc1)C(=O)O. The lowest BCUT2D eigenvalue weighted by Gasteiger charge is -2.09. The van der Waals surface area contributed by atoms with E-state index in [0.717, 1.165) is 0 Å². The minimum absolute atomic E-state index is 0.0689. The average Bonchev–Trinajstić information content (AvgIpc) is 2.47. The molecule has 1 atom stereocenters. The summed E-state index contributed by atoms with van der Waals surface area (Å²) < 4.78 is 5.40. The summed E-state index contributed by atoms with van der Waals surface area (Å²) in [6.07, 6.45) is 0.265. The molecule has 0 aliphatic rings. The second kappa shape index (κ2) is 8.66. The quantitative estimate of drug-likeness (QED) is 0.635. The highest BCUT2D eigenvalue weighted by molar-refractivity contribution is 5.94. The summed E-state index contributed by atoms with van der Waals surface area (Å²) in [5, 5.41) is 19.7. The highest BCUT2D eigenvalue weighted by atomic mass is 16.5. The molecule has 0 radical (unpaired) electrons. The van der Waals surface area contributed by atoms with Crippen LogP contribution < -0.4 is 10.1 Å². The van der Waals surface area contributed by atoms with Gasteiger partial charge in [0.15, 0.2) is 0 Å². The van der Waals surface area contributed by atoms with Crippen molar-refractivity contribution in [1.29, 1.82) is 0 Å². The Morgan fingerprint density at radius 2 is 1.82 bits per heavy atom. The number of hydrogen-bond donors (Lipinski definition) is 3. The van der Waals surface area contributed by atoms with Crippen LogP contribution in [0.3, 0.4) is 0 Å². The molecular weight excluding hydrogens is 290 g/mol. The Hall–Kier alpha value is -2.57. The third-order valence-electron chi connectivity index (χ3n) is 2.98. The van der Waals surface area contributed by atoms with E-state index in [1.165, 1.54) is 0 Å². The van der Waals surface area contributed by atoms with Gasteiger partial charge >= 0.3 is 11.9 Å². The van der Waals surface area contributed by atoms with Crippen LogP contribution in [0.15, 0.2) is 24.3 Å². The van der Waals surface area contributed by atoms with Crippen molar-refractivity contribution in [2.24, 2.45) is 5.92 Å². The third-order valence-corrected chi connectivity index (χ3v) is 2.98. The van der Waals surface area contributed by atoms with E-state index < -0.39 is 17.9 Å². The minimum atomic E-state index is -0.973. The van der Waals surface area contributed by atoms with Crippen LogP contribution in [0.25, 0.3) is 0 Å². The van der Waals surface area contributed by atoms with Gasteiger partial charge in [-0.1, -0.05) is 6.92 Å². The molecule has 0 aromatic heterocycles. The molecular formula is C15H19NO6. The predicted octanol–water partition coefficient (Wildman–Crippen LogP) is 1.38. The van der Waals surface area contributed by atoms with Gasteiger partial charge in [-0.2, -0.15) is 0 Å². The smallest absolute Gasteiger partial charge is 0.306 e. The van der Waals surface area contributed by atoms with Crippen LogP contribution in [-0.4, -0.2) is 41.2 Å². The number of benzene rings is 1. The number of carboxylic acids is 2. The van der Waals surface area contributed by atoms with Crippen LogP contribution in [0, 0.1) is 5.92 Å². The van der Waals surface area contributed by atoms with Gasteiger partial charge in [-0.05, 0) is 30.7 Å². The molecule has 22 heavy (non-hydrogen) atoms. The zero-order valence-corrected chi connectivity index (χ0v) is 12.2. The number of carboxylic acid groups (broad SMARTS) is 2. The summed E-state index contributed by atoms with van der Waals surface area (Å²) in [5.74, 6) is -2.12. The van der Waals surface area contributed by atoms with Crippen molar-refractivity contribution in [3.05, 3.63) is 29.8 Å². The van der Waals surface area contributed by atoms with Gasteiger partial charge in [-0.15, -0.1) is 0 Å². The molecule has 7 nitrogen and oxygen atoms in total. The summed E-state index contributed by atoms with van der Waals surface area (Å²) in [5.41, 5.74) is 0.400. The van der Waals surface area contributed by atoms with Crippen molar-refractivity contribution in [2.75, 3.05) is 13.2 Å². The maximum atomic E-state index is 11.7. The Morgan fingerprint density at radius 1 is 1.18 bits per heavy atom. The molecule has 0 fully saturated rings. The number of nitrogens with one attached hydrogen (secondary N) is 1. The number of amides is 1.